The molecule has 2 N–H and O–H groups in total. The molecular formula is C16H16FN3O3. The van der Waals surface area contributed by atoms with E-state index in [1.54, 1.807) is 23.0 Å². The number of hydrogen-bond donors (Lipinski definition) is 2. The molecule has 120 valence electrons. The van der Waals surface area contributed by atoms with Gasteiger partial charge in [0.25, 0.3) is 0 Å². The van der Waals surface area contributed by atoms with Gasteiger partial charge < -0.3 is 10.4 Å². The molecule has 6 nitrogen and oxygen atoms in total. The molecule has 1 aromatic carbocycles. The van der Waals surface area contributed by atoms with Crippen LogP contribution >= 0.6 is 0 Å². The SMILES string of the molecule is O=C(NCCc1ccn(-c2ccc(F)cc2)n1)[C@H]1C[C@H]1C(=O)O. The highest BCUT2D eigenvalue weighted by Gasteiger charge is 2.48. The quantitative estimate of drug-likeness (QED) is 0.843. The van der Waals surface area contributed by atoms with E-state index in [1.165, 1.54) is 12.1 Å². The van der Waals surface area contributed by atoms with E-state index in [1.807, 2.05) is 6.07 Å². The van der Waals surface area contributed by atoms with Gasteiger partial charge in [0.05, 0.1) is 23.2 Å². The third-order valence-corrected chi connectivity index (χ3v) is 3.86. The fraction of sp³-hybridized carbons (Fsp3) is 0.312. The van der Waals surface area contributed by atoms with E-state index in [2.05, 4.69) is 10.4 Å². The number of nitrogens with zero attached hydrogens (tertiary/aromatic N) is 2. The van der Waals surface area contributed by atoms with E-state index < -0.39 is 17.8 Å². The van der Waals surface area contributed by atoms with Gasteiger partial charge >= 0.3 is 5.97 Å². The van der Waals surface area contributed by atoms with Crippen LogP contribution in [0.15, 0.2) is 36.5 Å². The molecule has 1 amide bonds. The predicted octanol–water partition coefficient (Wildman–Crippen LogP) is 1.39. The van der Waals surface area contributed by atoms with Gasteiger partial charge in [-0.2, -0.15) is 5.10 Å². The van der Waals surface area contributed by atoms with E-state index in [9.17, 15) is 14.0 Å². The number of aliphatic carboxylic acids is 1. The van der Waals surface area contributed by atoms with Crippen LogP contribution in [0.2, 0.25) is 0 Å². The number of rotatable bonds is 6. The fourth-order valence-electron chi connectivity index (χ4n) is 2.44. The van der Waals surface area contributed by atoms with Crippen LogP contribution in [0.25, 0.3) is 5.69 Å². The summed E-state index contributed by atoms with van der Waals surface area (Å²) < 4.78 is 14.5. The Morgan fingerprint density at radius 2 is 2.00 bits per heavy atom. The van der Waals surface area contributed by atoms with Crippen LogP contribution in [0.1, 0.15) is 12.1 Å². The van der Waals surface area contributed by atoms with Gasteiger partial charge in [0.15, 0.2) is 0 Å². The first-order valence-electron chi connectivity index (χ1n) is 7.35. The topological polar surface area (TPSA) is 84.2 Å². The Hall–Kier alpha value is -2.70. The summed E-state index contributed by atoms with van der Waals surface area (Å²) in [7, 11) is 0. The van der Waals surface area contributed by atoms with Crippen LogP contribution in [-0.4, -0.2) is 33.3 Å². The standard InChI is InChI=1S/C16H16FN3O3/c17-10-1-3-12(4-2-10)20-8-6-11(19-20)5-7-18-15(21)13-9-14(13)16(22)23/h1-4,6,8,13-14H,5,7,9H2,(H,18,21)(H,22,23)/t13-,14+/m0/s1. The third-order valence-electron chi connectivity index (χ3n) is 3.86. The second kappa shape index (κ2) is 6.20. The number of benzene rings is 1. The van der Waals surface area contributed by atoms with E-state index in [0.29, 0.717) is 19.4 Å². The molecule has 0 aliphatic heterocycles. The maximum absolute atomic E-state index is 12.9. The van der Waals surface area contributed by atoms with Crippen molar-refractivity contribution in [3.8, 4) is 5.69 Å². The molecule has 0 unspecified atom stereocenters. The highest BCUT2D eigenvalue weighted by molar-refractivity contribution is 5.89. The molecule has 3 rings (SSSR count). The van der Waals surface area contributed by atoms with Gasteiger partial charge in [-0.3, -0.25) is 9.59 Å². The molecule has 1 aromatic heterocycles. The molecule has 2 atom stereocenters. The Morgan fingerprint density at radius 1 is 1.26 bits per heavy atom. The van der Waals surface area contributed by atoms with Crippen LogP contribution in [0.5, 0.6) is 0 Å². The zero-order valence-electron chi connectivity index (χ0n) is 12.3. The first kappa shape index (κ1) is 15.2. The summed E-state index contributed by atoms with van der Waals surface area (Å²) >= 11 is 0. The van der Waals surface area contributed by atoms with E-state index in [0.717, 1.165) is 11.4 Å². The molecule has 0 spiro atoms. The van der Waals surface area contributed by atoms with Crippen LogP contribution in [0.3, 0.4) is 0 Å². The molecule has 0 bridgehead atoms. The summed E-state index contributed by atoms with van der Waals surface area (Å²) in [5.74, 6) is -2.36. The maximum atomic E-state index is 12.9. The number of carboxylic acid groups (broad SMARTS) is 1. The van der Waals surface area contributed by atoms with Crippen molar-refractivity contribution in [1.29, 1.82) is 0 Å². The summed E-state index contributed by atoms with van der Waals surface area (Å²) in [6, 6.07) is 7.82. The van der Waals surface area contributed by atoms with Crippen molar-refractivity contribution >= 4 is 11.9 Å². The molecular weight excluding hydrogens is 301 g/mol. The largest absolute Gasteiger partial charge is 0.481 e. The Kier molecular flexibility index (Phi) is 4.10. The lowest BCUT2D eigenvalue weighted by Gasteiger charge is -2.03. The number of amides is 1. The summed E-state index contributed by atoms with van der Waals surface area (Å²) in [5.41, 5.74) is 1.55. The minimum absolute atomic E-state index is 0.213. The molecule has 0 saturated heterocycles. The summed E-state index contributed by atoms with van der Waals surface area (Å²) in [6.07, 6.45) is 2.73. The zero-order chi connectivity index (χ0) is 16.4. The molecule has 1 fully saturated rings. The molecule has 1 heterocycles. The maximum Gasteiger partial charge on any atom is 0.307 e. The highest BCUT2D eigenvalue weighted by atomic mass is 19.1. The van der Waals surface area contributed by atoms with Crippen molar-refractivity contribution in [2.45, 2.75) is 12.8 Å². The van der Waals surface area contributed by atoms with Crippen molar-refractivity contribution in [1.82, 2.24) is 15.1 Å². The number of halogens is 1. The minimum Gasteiger partial charge on any atom is -0.481 e. The van der Waals surface area contributed by atoms with Crippen molar-refractivity contribution in [2.24, 2.45) is 11.8 Å². The average Bonchev–Trinajstić information content (AvgIpc) is 3.21. The predicted molar refractivity (Wildman–Crippen MR) is 79.5 cm³/mol. The van der Waals surface area contributed by atoms with Crippen molar-refractivity contribution < 1.29 is 19.1 Å². The molecule has 7 heteroatoms. The third kappa shape index (κ3) is 3.56. The molecule has 0 radical (unpaired) electrons. The van der Waals surface area contributed by atoms with E-state index >= 15 is 0 Å². The molecule has 1 aliphatic rings. The van der Waals surface area contributed by atoms with E-state index in [4.69, 9.17) is 5.11 Å². The number of carbonyl (C=O) groups excluding carboxylic acids is 1. The Bertz CT molecular complexity index is 726. The second-order valence-electron chi connectivity index (χ2n) is 5.56. The van der Waals surface area contributed by atoms with Crippen molar-refractivity contribution in [2.75, 3.05) is 6.54 Å². The Balaban J connectivity index is 1.49. The van der Waals surface area contributed by atoms with Gasteiger partial charge in [-0.15, -0.1) is 0 Å². The second-order valence-corrected chi connectivity index (χ2v) is 5.56. The molecule has 23 heavy (non-hydrogen) atoms. The van der Waals surface area contributed by atoms with Gasteiger partial charge in [-0.05, 0) is 36.8 Å². The van der Waals surface area contributed by atoms with Crippen LogP contribution < -0.4 is 5.32 Å². The van der Waals surface area contributed by atoms with Crippen LogP contribution in [0.4, 0.5) is 4.39 Å². The van der Waals surface area contributed by atoms with Gasteiger partial charge in [-0.25, -0.2) is 9.07 Å². The first-order chi connectivity index (χ1) is 11.0. The average molecular weight is 317 g/mol. The number of carboxylic acids is 1. The number of nitrogens with one attached hydrogen (secondary N) is 1. The van der Waals surface area contributed by atoms with Gasteiger partial charge in [0.1, 0.15) is 5.82 Å². The number of hydrogen-bond acceptors (Lipinski definition) is 3. The van der Waals surface area contributed by atoms with Gasteiger partial charge in [0, 0.05) is 19.2 Å². The lowest BCUT2D eigenvalue weighted by Crippen LogP contribution is -2.28. The lowest BCUT2D eigenvalue weighted by atomic mass is 10.3. The Morgan fingerprint density at radius 3 is 2.65 bits per heavy atom. The molecule has 2 aromatic rings. The summed E-state index contributed by atoms with van der Waals surface area (Å²) in [5, 5.41) is 15.9. The molecule has 1 aliphatic carbocycles. The van der Waals surface area contributed by atoms with Crippen molar-refractivity contribution in [3.05, 3.63) is 48.0 Å². The smallest absolute Gasteiger partial charge is 0.307 e. The highest BCUT2D eigenvalue weighted by Crippen LogP contribution is 2.38. The van der Waals surface area contributed by atoms with Crippen LogP contribution in [-0.2, 0) is 16.0 Å². The first-order valence-corrected chi connectivity index (χ1v) is 7.35. The van der Waals surface area contributed by atoms with Gasteiger partial charge in [0.2, 0.25) is 5.91 Å². The number of carbonyl (C=O) groups is 2. The van der Waals surface area contributed by atoms with E-state index in [-0.39, 0.29) is 11.7 Å². The van der Waals surface area contributed by atoms with Crippen LogP contribution in [0, 0.1) is 17.7 Å². The summed E-state index contributed by atoms with van der Waals surface area (Å²) in [6.45, 7) is 0.405. The van der Waals surface area contributed by atoms with Gasteiger partial charge in [-0.1, -0.05) is 0 Å². The van der Waals surface area contributed by atoms with Crippen molar-refractivity contribution in [3.63, 3.8) is 0 Å². The molecule has 1 saturated carbocycles. The monoisotopic (exact) mass is 317 g/mol. The Labute approximate surface area is 131 Å². The minimum atomic E-state index is -0.914. The number of aromatic nitrogens is 2. The normalized spacial score (nSPS) is 19.3. The zero-order valence-corrected chi connectivity index (χ0v) is 12.3. The lowest BCUT2D eigenvalue weighted by molar-refractivity contribution is -0.140. The summed E-state index contributed by atoms with van der Waals surface area (Å²) in [4.78, 5) is 22.4. The fourth-order valence-corrected chi connectivity index (χ4v) is 2.44.